The maximum absolute atomic E-state index is 11.7. The van der Waals surface area contributed by atoms with E-state index in [0.717, 1.165) is 37.5 Å². The molecule has 4 saturated carbocycles. The van der Waals surface area contributed by atoms with Crippen LogP contribution in [0.3, 0.4) is 0 Å². The Labute approximate surface area is 114 Å². The minimum Gasteiger partial charge on any atom is -0.285 e. The highest BCUT2D eigenvalue weighted by Crippen LogP contribution is 2.65. The van der Waals surface area contributed by atoms with Crippen molar-refractivity contribution in [2.75, 3.05) is 0 Å². The molecule has 0 amide bonds. The van der Waals surface area contributed by atoms with E-state index in [1.165, 1.54) is 6.42 Å². The molecule has 106 valence electrons. The lowest BCUT2D eigenvalue weighted by atomic mass is 9.44. The topological polar surface area (TPSA) is 78.2 Å². The van der Waals surface area contributed by atoms with Crippen LogP contribution in [0.25, 0.3) is 0 Å². The normalized spacial score (nSPS) is 45.9. The molecule has 4 aliphatic carbocycles. The zero-order valence-corrected chi connectivity index (χ0v) is 12.1. The molecular weight excluding hydrogens is 262 g/mol. The maximum Gasteiger partial charge on any atom is 0.268 e. The molecule has 5 heteroatoms. The summed E-state index contributed by atoms with van der Waals surface area (Å²) in [6.07, 6.45) is 5.75. The third-order valence-electron chi connectivity index (χ3n) is 6.25. The Morgan fingerprint density at radius 3 is 2.05 bits per heavy atom. The van der Waals surface area contributed by atoms with E-state index in [9.17, 15) is 18.2 Å². The summed E-state index contributed by atoms with van der Waals surface area (Å²) in [6, 6.07) is 2.21. The van der Waals surface area contributed by atoms with Crippen LogP contribution >= 0.6 is 0 Å². The predicted octanol–water partition coefficient (Wildman–Crippen LogP) is 2.62. The van der Waals surface area contributed by atoms with Gasteiger partial charge in [0.05, 0.1) is 11.3 Å². The van der Waals surface area contributed by atoms with E-state index >= 15 is 0 Å². The van der Waals surface area contributed by atoms with Gasteiger partial charge in [-0.25, -0.2) is 0 Å². The summed E-state index contributed by atoms with van der Waals surface area (Å²) < 4.78 is 32.9. The molecule has 0 aromatic rings. The number of rotatable bonds is 3. The first-order chi connectivity index (χ1) is 8.88. The molecule has 1 N–H and O–H groups in total. The van der Waals surface area contributed by atoms with Crippen LogP contribution in [-0.4, -0.2) is 18.2 Å². The van der Waals surface area contributed by atoms with Gasteiger partial charge in [-0.2, -0.15) is 13.7 Å². The number of hydrogen-bond donors (Lipinski definition) is 1. The molecule has 1 unspecified atom stereocenters. The van der Waals surface area contributed by atoms with Gasteiger partial charge >= 0.3 is 0 Å². The highest BCUT2D eigenvalue weighted by molar-refractivity contribution is 7.86. The van der Waals surface area contributed by atoms with Gasteiger partial charge in [-0.3, -0.25) is 4.55 Å². The van der Waals surface area contributed by atoms with Crippen molar-refractivity contribution in [1.29, 1.82) is 5.26 Å². The van der Waals surface area contributed by atoms with E-state index < -0.39 is 20.8 Å². The van der Waals surface area contributed by atoms with Crippen molar-refractivity contribution in [3.8, 4) is 6.07 Å². The van der Waals surface area contributed by atoms with Crippen LogP contribution in [0.15, 0.2) is 0 Å². The number of nitriles is 1. The molecule has 0 heterocycles. The zero-order valence-electron chi connectivity index (χ0n) is 11.2. The quantitative estimate of drug-likeness (QED) is 0.808. The second-order valence-electron chi connectivity index (χ2n) is 6.91. The van der Waals surface area contributed by atoms with E-state index in [1.54, 1.807) is 6.92 Å². The van der Waals surface area contributed by atoms with Gasteiger partial charge in [-0.05, 0) is 62.7 Å². The first-order valence-electron chi connectivity index (χ1n) is 7.21. The molecular formula is C14H21NO3S. The molecule has 4 aliphatic rings. The van der Waals surface area contributed by atoms with Crippen molar-refractivity contribution in [3.63, 3.8) is 0 Å². The molecule has 19 heavy (non-hydrogen) atoms. The van der Waals surface area contributed by atoms with Crippen LogP contribution in [0.1, 0.15) is 45.4 Å². The Balaban J connectivity index is 2.04. The van der Waals surface area contributed by atoms with Gasteiger partial charge in [0.15, 0.2) is 0 Å². The van der Waals surface area contributed by atoms with E-state index in [1.807, 2.05) is 0 Å². The minimum atomic E-state index is -4.08. The molecule has 0 aromatic heterocycles. The van der Waals surface area contributed by atoms with Crippen molar-refractivity contribution in [2.24, 2.45) is 29.1 Å². The van der Waals surface area contributed by atoms with Crippen molar-refractivity contribution >= 4 is 10.1 Å². The first-order valence-corrected chi connectivity index (χ1v) is 8.71. The SMILES string of the molecule is CC(C1(CC#N)C2CC3CC(C2)CC1C3)S(=O)(=O)O. The van der Waals surface area contributed by atoms with E-state index in [2.05, 4.69) is 6.07 Å². The van der Waals surface area contributed by atoms with Crippen LogP contribution < -0.4 is 0 Å². The molecule has 4 rings (SSSR count). The Kier molecular flexibility index (Phi) is 2.96. The van der Waals surface area contributed by atoms with Crippen molar-refractivity contribution < 1.29 is 13.0 Å². The Hall–Kier alpha value is -0.600. The summed E-state index contributed by atoms with van der Waals surface area (Å²) in [6.45, 7) is 1.61. The summed E-state index contributed by atoms with van der Waals surface area (Å²) in [4.78, 5) is 0. The highest BCUT2D eigenvalue weighted by Gasteiger charge is 2.61. The van der Waals surface area contributed by atoms with Crippen LogP contribution in [0.5, 0.6) is 0 Å². The summed E-state index contributed by atoms with van der Waals surface area (Å²) in [5.41, 5.74) is -0.504. The number of hydrogen-bond acceptors (Lipinski definition) is 3. The van der Waals surface area contributed by atoms with E-state index in [4.69, 9.17) is 0 Å². The highest BCUT2D eigenvalue weighted by atomic mass is 32.2. The summed E-state index contributed by atoms with van der Waals surface area (Å²) >= 11 is 0. The lowest BCUT2D eigenvalue weighted by Gasteiger charge is -2.62. The van der Waals surface area contributed by atoms with Gasteiger partial charge in [0, 0.05) is 11.8 Å². The third-order valence-corrected chi connectivity index (χ3v) is 7.58. The van der Waals surface area contributed by atoms with Crippen molar-refractivity contribution in [1.82, 2.24) is 0 Å². The minimum absolute atomic E-state index is 0.267. The fraction of sp³-hybridized carbons (Fsp3) is 0.929. The van der Waals surface area contributed by atoms with Crippen LogP contribution in [0, 0.1) is 40.4 Å². The van der Waals surface area contributed by atoms with Gasteiger partial charge in [-0.15, -0.1) is 0 Å². The second kappa shape index (κ2) is 4.20. The van der Waals surface area contributed by atoms with Crippen LogP contribution in [-0.2, 0) is 10.1 Å². The van der Waals surface area contributed by atoms with Gasteiger partial charge in [0.25, 0.3) is 10.1 Å². The van der Waals surface area contributed by atoms with Gasteiger partial charge in [0.1, 0.15) is 0 Å². The molecule has 1 atom stereocenters. The summed E-state index contributed by atoms with van der Waals surface area (Å²) in [5, 5.41) is 8.39. The zero-order chi connectivity index (χ0) is 13.8. The third kappa shape index (κ3) is 1.84. The fourth-order valence-electron chi connectivity index (χ4n) is 5.57. The average molecular weight is 283 g/mol. The van der Waals surface area contributed by atoms with Gasteiger partial charge < -0.3 is 0 Å². The van der Waals surface area contributed by atoms with Crippen LogP contribution in [0.4, 0.5) is 0 Å². The molecule has 0 saturated heterocycles. The fourth-order valence-corrected chi connectivity index (χ4v) is 6.59. The monoisotopic (exact) mass is 283 g/mol. The standard InChI is InChI=1S/C14H21NO3S/c1-9(19(16,17)18)14(2-3-15)12-5-10-4-11(7-12)8-13(14)6-10/h9-13H,2,4-8H2,1H3,(H,16,17,18). The molecule has 4 fully saturated rings. The van der Waals surface area contributed by atoms with E-state index in [0.29, 0.717) is 11.8 Å². The van der Waals surface area contributed by atoms with E-state index in [-0.39, 0.29) is 6.42 Å². The molecule has 4 nitrogen and oxygen atoms in total. The Bertz CT molecular complexity index is 491. The first kappa shape index (κ1) is 13.4. The summed E-state index contributed by atoms with van der Waals surface area (Å²) in [7, 11) is -4.08. The van der Waals surface area contributed by atoms with Crippen molar-refractivity contribution in [2.45, 2.75) is 50.7 Å². The molecule has 4 bridgehead atoms. The smallest absolute Gasteiger partial charge is 0.268 e. The Morgan fingerprint density at radius 1 is 1.21 bits per heavy atom. The summed E-state index contributed by atoms with van der Waals surface area (Å²) in [5.74, 6) is 2.06. The lowest BCUT2D eigenvalue weighted by molar-refractivity contribution is -0.107. The average Bonchev–Trinajstić information content (AvgIpc) is 2.31. The lowest BCUT2D eigenvalue weighted by Crippen LogP contribution is -2.58. The molecule has 0 aliphatic heterocycles. The van der Waals surface area contributed by atoms with Gasteiger partial charge in [-0.1, -0.05) is 0 Å². The molecule has 0 radical (unpaired) electrons. The maximum atomic E-state index is 11.7. The number of nitrogens with zero attached hydrogens (tertiary/aromatic N) is 1. The molecule has 0 aromatic carbocycles. The predicted molar refractivity (Wildman–Crippen MR) is 70.7 cm³/mol. The Morgan fingerprint density at radius 2 is 1.68 bits per heavy atom. The molecule has 0 spiro atoms. The second-order valence-corrected chi connectivity index (χ2v) is 8.65. The van der Waals surface area contributed by atoms with Crippen molar-refractivity contribution in [3.05, 3.63) is 0 Å². The largest absolute Gasteiger partial charge is 0.285 e. The van der Waals surface area contributed by atoms with Crippen LogP contribution in [0.2, 0.25) is 0 Å². The van der Waals surface area contributed by atoms with Gasteiger partial charge in [0.2, 0.25) is 0 Å².